The van der Waals surface area contributed by atoms with E-state index in [2.05, 4.69) is 10.3 Å². The molecule has 5 nitrogen and oxygen atoms in total. The molecule has 0 aromatic carbocycles. The molecular formula is C13H17N3O2S. The first-order chi connectivity index (χ1) is 9.25. The number of hydrogen-bond donors (Lipinski definition) is 1. The normalized spacial score (nSPS) is 27.4. The van der Waals surface area contributed by atoms with Crippen molar-refractivity contribution in [3.8, 4) is 0 Å². The lowest BCUT2D eigenvalue weighted by Crippen LogP contribution is -2.47. The standard InChI is InChI=1S/C13H17N3O2S/c17-11-5-4-9(15-11)13(18)16-7-2-1-3-10(16)12-14-6-8-19-12/h6,8-10H,1-5,7H2,(H,15,17)/t9-,10+/m0/s1. The van der Waals surface area contributed by atoms with Crippen LogP contribution in [0.2, 0.25) is 0 Å². The molecule has 2 atom stereocenters. The number of aromatic nitrogens is 1. The first kappa shape index (κ1) is 12.6. The van der Waals surface area contributed by atoms with Gasteiger partial charge in [0.15, 0.2) is 0 Å². The molecule has 1 aromatic heterocycles. The average molecular weight is 279 g/mol. The molecule has 2 fully saturated rings. The lowest BCUT2D eigenvalue weighted by Gasteiger charge is -2.36. The quantitative estimate of drug-likeness (QED) is 0.892. The molecule has 0 radical (unpaired) electrons. The summed E-state index contributed by atoms with van der Waals surface area (Å²) in [5.41, 5.74) is 0. The first-order valence-electron chi connectivity index (χ1n) is 6.75. The van der Waals surface area contributed by atoms with E-state index in [0.29, 0.717) is 12.8 Å². The summed E-state index contributed by atoms with van der Waals surface area (Å²) in [5, 5.41) is 5.73. The number of piperidine rings is 1. The Kier molecular flexibility index (Phi) is 3.50. The van der Waals surface area contributed by atoms with Gasteiger partial charge in [-0.1, -0.05) is 0 Å². The Bertz CT molecular complexity index is 474. The molecule has 2 aliphatic rings. The molecule has 0 spiro atoms. The second-order valence-electron chi connectivity index (χ2n) is 5.07. The second-order valence-corrected chi connectivity index (χ2v) is 6.00. The Morgan fingerprint density at radius 3 is 3.00 bits per heavy atom. The number of nitrogens with zero attached hydrogens (tertiary/aromatic N) is 2. The molecule has 2 saturated heterocycles. The number of thiazole rings is 1. The molecule has 1 aromatic rings. The van der Waals surface area contributed by atoms with Crippen LogP contribution in [0.4, 0.5) is 0 Å². The maximum atomic E-state index is 12.5. The molecule has 0 bridgehead atoms. The monoisotopic (exact) mass is 279 g/mol. The summed E-state index contributed by atoms with van der Waals surface area (Å²) in [6.07, 6.45) is 6.01. The third-order valence-electron chi connectivity index (χ3n) is 3.82. The van der Waals surface area contributed by atoms with Gasteiger partial charge >= 0.3 is 0 Å². The highest BCUT2D eigenvalue weighted by Gasteiger charge is 2.36. The summed E-state index contributed by atoms with van der Waals surface area (Å²) in [5.74, 6) is 0.0481. The zero-order valence-electron chi connectivity index (χ0n) is 10.7. The van der Waals surface area contributed by atoms with Gasteiger partial charge in [-0.05, 0) is 25.7 Å². The lowest BCUT2D eigenvalue weighted by molar-refractivity contribution is -0.138. The van der Waals surface area contributed by atoms with E-state index in [-0.39, 0.29) is 23.9 Å². The largest absolute Gasteiger partial charge is 0.344 e. The minimum atomic E-state index is -0.326. The lowest BCUT2D eigenvalue weighted by atomic mass is 10.0. The van der Waals surface area contributed by atoms with Gasteiger partial charge in [0, 0.05) is 24.5 Å². The highest BCUT2D eigenvalue weighted by molar-refractivity contribution is 7.09. The van der Waals surface area contributed by atoms with Gasteiger partial charge in [-0.25, -0.2) is 4.98 Å². The smallest absolute Gasteiger partial charge is 0.245 e. The Morgan fingerprint density at radius 2 is 2.32 bits per heavy atom. The maximum Gasteiger partial charge on any atom is 0.245 e. The van der Waals surface area contributed by atoms with Crippen LogP contribution in [-0.4, -0.2) is 34.3 Å². The second kappa shape index (κ2) is 5.28. The maximum absolute atomic E-state index is 12.5. The van der Waals surface area contributed by atoms with Crippen molar-refractivity contribution in [3.05, 3.63) is 16.6 Å². The minimum Gasteiger partial charge on any atom is -0.344 e. The molecule has 2 aliphatic heterocycles. The highest BCUT2D eigenvalue weighted by Crippen LogP contribution is 2.33. The zero-order chi connectivity index (χ0) is 13.2. The summed E-state index contributed by atoms with van der Waals surface area (Å²) >= 11 is 1.60. The fourth-order valence-electron chi connectivity index (χ4n) is 2.85. The van der Waals surface area contributed by atoms with Gasteiger partial charge in [0.25, 0.3) is 0 Å². The van der Waals surface area contributed by atoms with E-state index in [1.54, 1.807) is 17.5 Å². The van der Waals surface area contributed by atoms with E-state index in [0.717, 1.165) is 30.8 Å². The van der Waals surface area contributed by atoms with Crippen LogP contribution >= 0.6 is 11.3 Å². The molecule has 6 heteroatoms. The number of hydrogen-bond acceptors (Lipinski definition) is 4. The van der Waals surface area contributed by atoms with E-state index in [9.17, 15) is 9.59 Å². The summed E-state index contributed by atoms with van der Waals surface area (Å²) in [7, 11) is 0. The highest BCUT2D eigenvalue weighted by atomic mass is 32.1. The van der Waals surface area contributed by atoms with Crippen LogP contribution in [0.25, 0.3) is 0 Å². The molecule has 0 unspecified atom stereocenters. The first-order valence-corrected chi connectivity index (χ1v) is 7.63. The van der Waals surface area contributed by atoms with Gasteiger partial charge < -0.3 is 10.2 Å². The Balaban J connectivity index is 1.76. The molecule has 1 N–H and O–H groups in total. The number of likely N-dealkylation sites (tertiary alicyclic amines) is 1. The van der Waals surface area contributed by atoms with Gasteiger partial charge in [0.1, 0.15) is 11.0 Å². The van der Waals surface area contributed by atoms with E-state index < -0.39 is 0 Å². The fraction of sp³-hybridized carbons (Fsp3) is 0.615. The molecule has 0 aliphatic carbocycles. The Morgan fingerprint density at radius 1 is 1.42 bits per heavy atom. The molecule has 3 rings (SSSR count). The van der Waals surface area contributed by atoms with Crippen LogP contribution in [0.5, 0.6) is 0 Å². The number of carbonyl (C=O) groups is 2. The number of nitrogens with one attached hydrogen (secondary N) is 1. The third-order valence-corrected chi connectivity index (χ3v) is 4.69. The fourth-order valence-corrected chi connectivity index (χ4v) is 3.64. The van der Waals surface area contributed by atoms with E-state index in [4.69, 9.17) is 0 Å². The van der Waals surface area contributed by atoms with Crippen molar-refractivity contribution in [2.75, 3.05) is 6.54 Å². The van der Waals surface area contributed by atoms with Crippen molar-refractivity contribution in [3.63, 3.8) is 0 Å². The van der Waals surface area contributed by atoms with Crippen molar-refractivity contribution >= 4 is 23.2 Å². The van der Waals surface area contributed by atoms with Gasteiger partial charge in [0.2, 0.25) is 11.8 Å². The molecule has 0 saturated carbocycles. The SMILES string of the molecule is O=C1CC[C@@H](C(=O)N2CCCC[C@@H]2c2nccs2)N1. The number of amides is 2. The van der Waals surface area contributed by atoms with Crippen molar-refractivity contribution in [1.29, 1.82) is 0 Å². The van der Waals surface area contributed by atoms with E-state index >= 15 is 0 Å². The Hall–Kier alpha value is -1.43. The van der Waals surface area contributed by atoms with Crippen LogP contribution in [0.15, 0.2) is 11.6 Å². The minimum absolute atomic E-state index is 0.0128. The topological polar surface area (TPSA) is 62.3 Å². The van der Waals surface area contributed by atoms with Crippen molar-refractivity contribution < 1.29 is 9.59 Å². The van der Waals surface area contributed by atoms with Gasteiger partial charge in [-0.2, -0.15) is 0 Å². The van der Waals surface area contributed by atoms with Crippen molar-refractivity contribution in [1.82, 2.24) is 15.2 Å². The molecular weight excluding hydrogens is 262 g/mol. The molecule has 3 heterocycles. The van der Waals surface area contributed by atoms with Crippen LogP contribution < -0.4 is 5.32 Å². The van der Waals surface area contributed by atoms with Gasteiger partial charge in [-0.3, -0.25) is 9.59 Å². The number of rotatable bonds is 2. The average Bonchev–Trinajstić information content (AvgIpc) is 3.09. The predicted molar refractivity (Wildman–Crippen MR) is 71.6 cm³/mol. The van der Waals surface area contributed by atoms with Crippen LogP contribution in [0, 0.1) is 0 Å². The third kappa shape index (κ3) is 2.49. The van der Waals surface area contributed by atoms with Gasteiger partial charge in [0.05, 0.1) is 6.04 Å². The molecule has 2 amide bonds. The number of carbonyl (C=O) groups excluding carboxylic acids is 2. The predicted octanol–water partition coefficient (Wildman–Crippen LogP) is 1.48. The molecule has 19 heavy (non-hydrogen) atoms. The molecule has 102 valence electrons. The zero-order valence-corrected chi connectivity index (χ0v) is 11.5. The summed E-state index contributed by atoms with van der Waals surface area (Å²) < 4.78 is 0. The van der Waals surface area contributed by atoms with Crippen LogP contribution in [0.3, 0.4) is 0 Å². The summed E-state index contributed by atoms with van der Waals surface area (Å²) in [6.45, 7) is 0.773. The van der Waals surface area contributed by atoms with Crippen molar-refractivity contribution in [2.45, 2.75) is 44.2 Å². The Labute approximate surface area is 116 Å². The summed E-state index contributed by atoms with van der Waals surface area (Å²) in [4.78, 5) is 30.1. The van der Waals surface area contributed by atoms with Crippen molar-refractivity contribution in [2.24, 2.45) is 0 Å². The van der Waals surface area contributed by atoms with Gasteiger partial charge in [-0.15, -0.1) is 11.3 Å². The van der Waals surface area contributed by atoms with E-state index in [1.165, 1.54) is 0 Å². The van der Waals surface area contributed by atoms with Crippen LogP contribution in [-0.2, 0) is 9.59 Å². The van der Waals surface area contributed by atoms with Crippen LogP contribution in [0.1, 0.15) is 43.2 Å². The van der Waals surface area contributed by atoms with E-state index in [1.807, 2.05) is 10.3 Å². The summed E-state index contributed by atoms with van der Waals surface area (Å²) in [6, 6.07) is -0.230.